The van der Waals surface area contributed by atoms with Crippen molar-refractivity contribution in [1.82, 2.24) is 0 Å². The highest BCUT2D eigenvalue weighted by atomic mass is 16.5. The number of hydrogen-bond acceptors (Lipinski definition) is 3. The van der Waals surface area contributed by atoms with Crippen molar-refractivity contribution in [2.45, 2.75) is 39.3 Å². The summed E-state index contributed by atoms with van der Waals surface area (Å²) < 4.78 is 5.61. The van der Waals surface area contributed by atoms with E-state index < -0.39 is 12.0 Å². The van der Waals surface area contributed by atoms with Crippen molar-refractivity contribution in [2.24, 2.45) is 11.5 Å². The summed E-state index contributed by atoms with van der Waals surface area (Å²) in [5.74, 6) is 0.246. The molecule has 0 aliphatic rings. The quantitative estimate of drug-likeness (QED) is 0.804. The number of carbonyl (C=O) groups is 1. The van der Waals surface area contributed by atoms with Gasteiger partial charge in [-0.05, 0) is 38.3 Å². The van der Waals surface area contributed by atoms with E-state index in [9.17, 15) is 4.79 Å². The molecule has 0 saturated carbocycles. The Kier molecular flexibility index (Phi) is 4.52. The molecule has 0 radical (unpaired) electrons. The zero-order valence-corrected chi connectivity index (χ0v) is 10.6. The van der Waals surface area contributed by atoms with Gasteiger partial charge in [0, 0.05) is 6.04 Å². The average molecular weight is 236 g/mol. The van der Waals surface area contributed by atoms with E-state index in [4.69, 9.17) is 16.2 Å². The summed E-state index contributed by atoms with van der Waals surface area (Å²) in [4.78, 5) is 11.0. The SMILES string of the molecule is Cc1cccc(CC(C)N)c1OC(C)C(N)=O. The number of para-hydroxylation sites is 1. The van der Waals surface area contributed by atoms with Gasteiger partial charge in [-0.2, -0.15) is 0 Å². The molecule has 1 aromatic rings. The third-order valence-electron chi connectivity index (χ3n) is 2.53. The number of nitrogens with two attached hydrogens (primary N) is 2. The van der Waals surface area contributed by atoms with Gasteiger partial charge in [0.15, 0.2) is 6.10 Å². The summed E-state index contributed by atoms with van der Waals surface area (Å²) in [7, 11) is 0. The second kappa shape index (κ2) is 5.68. The van der Waals surface area contributed by atoms with Crippen molar-refractivity contribution in [2.75, 3.05) is 0 Å². The lowest BCUT2D eigenvalue weighted by molar-refractivity contribution is -0.124. The van der Waals surface area contributed by atoms with E-state index in [1.165, 1.54) is 0 Å². The standard InChI is InChI=1S/C13H20N2O2/c1-8-5-4-6-11(7-9(2)14)12(8)17-10(3)13(15)16/h4-6,9-10H,7,14H2,1-3H3,(H2,15,16). The first-order valence-electron chi connectivity index (χ1n) is 5.72. The number of primary amides is 1. The van der Waals surface area contributed by atoms with Gasteiger partial charge in [0.25, 0.3) is 5.91 Å². The summed E-state index contributed by atoms with van der Waals surface area (Å²) in [6, 6.07) is 5.89. The van der Waals surface area contributed by atoms with Crippen molar-refractivity contribution < 1.29 is 9.53 Å². The summed E-state index contributed by atoms with van der Waals surface area (Å²) in [5.41, 5.74) is 13.0. The Balaban J connectivity index is 2.99. The summed E-state index contributed by atoms with van der Waals surface area (Å²) in [6.07, 6.45) is 0.0746. The van der Waals surface area contributed by atoms with E-state index in [0.717, 1.165) is 16.9 Å². The second-order valence-corrected chi connectivity index (χ2v) is 4.41. The lowest BCUT2D eigenvalue weighted by Gasteiger charge is -2.18. The zero-order chi connectivity index (χ0) is 13.0. The Hall–Kier alpha value is -1.55. The van der Waals surface area contributed by atoms with Crippen molar-refractivity contribution in [3.05, 3.63) is 29.3 Å². The van der Waals surface area contributed by atoms with Gasteiger partial charge in [-0.15, -0.1) is 0 Å². The van der Waals surface area contributed by atoms with E-state index >= 15 is 0 Å². The number of carbonyl (C=O) groups excluding carboxylic acids is 1. The second-order valence-electron chi connectivity index (χ2n) is 4.41. The number of hydrogen-bond donors (Lipinski definition) is 2. The van der Waals surface area contributed by atoms with E-state index in [-0.39, 0.29) is 6.04 Å². The molecule has 2 unspecified atom stereocenters. The maximum absolute atomic E-state index is 11.0. The molecule has 17 heavy (non-hydrogen) atoms. The number of amides is 1. The first kappa shape index (κ1) is 13.5. The van der Waals surface area contributed by atoms with Crippen LogP contribution < -0.4 is 16.2 Å². The molecule has 0 aliphatic carbocycles. The Morgan fingerprint density at radius 3 is 2.59 bits per heavy atom. The predicted octanol–water partition coefficient (Wildman–Crippen LogP) is 1.14. The van der Waals surface area contributed by atoms with Gasteiger partial charge in [0.2, 0.25) is 0 Å². The normalized spacial score (nSPS) is 14.1. The van der Waals surface area contributed by atoms with Crippen LogP contribution in [0.25, 0.3) is 0 Å². The molecule has 1 aromatic carbocycles. The summed E-state index contributed by atoms with van der Waals surface area (Å²) >= 11 is 0. The third kappa shape index (κ3) is 3.75. The van der Waals surface area contributed by atoms with Crippen LogP contribution in [0.2, 0.25) is 0 Å². The Morgan fingerprint density at radius 2 is 2.06 bits per heavy atom. The molecular formula is C13H20N2O2. The first-order chi connectivity index (χ1) is 7.91. The van der Waals surface area contributed by atoms with Crippen molar-refractivity contribution in [3.8, 4) is 5.75 Å². The highest BCUT2D eigenvalue weighted by Gasteiger charge is 2.15. The molecular weight excluding hydrogens is 216 g/mol. The molecule has 0 saturated heterocycles. The van der Waals surface area contributed by atoms with Gasteiger partial charge in [-0.25, -0.2) is 0 Å². The molecule has 0 heterocycles. The van der Waals surface area contributed by atoms with E-state index in [0.29, 0.717) is 6.42 Å². The lowest BCUT2D eigenvalue weighted by atomic mass is 10.0. The number of rotatable bonds is 5. The predicted molar refractivity (Wildman–Crippen MR) is 67.8 cm³/mol. The minimum Gasteiger partial charge on any atom is -0.480 e. The van der Waals surface area contributed by atoms with Crippen LogP contribution in [0.5, 0.6) is 5.75 Å². The van der Waals surface area contributed by atoms with Crippen LogP contribution >= 0.6 is 0 Å². The molecule has 0 fully saturated rings. The fourth-order valence-electron chi connectivity index (χ4n) is 1.62. The number of benzene rings is 1. The molecule has 94 valence electrons. The van der Waals surface area contributed by atoms with Crippen LogP contribution in [0, 0.1) is 6.92 Å². The highest BCUT2D eigenvalue weighted by Crippen LogP contribution is 2.25. The summed E-state index contributed by atoms with van der Waals surface area (Å²) in [6.45, 7) is 5.52. The molecule has 4 N–H and O–H groups in total. The van der Waals surface area contributed by atoms with Crippen LogP contribution in [0.4, 0.5) is 0 Å². The fraction of sp³-hybridized carbons (Fsp3) is 0.462. The molecule has 0 aliphatic heterocycles. The molecule has 2 atom stereocenters. The molecule has 4 heteroatoms. The van der Waals surface area contributed by atoms with Crippen LogP contribution in [0.15, 0.2) is 18.2 Å². The van der Waals surface area contributed by atoms with E-state index in [2.05, 4.69) is 0 Å². The molecule has 0 bridgehead atoms. The topological polar surface area (TPSA) is 78.3 Å². The van der Waals surface area contributed by atoms with Crippen LogP contribution in [-0.2, 0) is 11.2 Å². The fourth-order valence-corrected chi connectivity index (χ4v) is 1.62. The maximum atomic E-state index is 11.0. The third-order valence-corrected chi connectivity index (χ3v) is 2.53. The maximum Gasteiger partial charge on any atom is 0.258 e. The van der Waals surface area contributed by atoms with Gasteiger partial charge >= 0.3 is 0 Å². The largest absolute Gasteiger partial charge is 0.480 e. The van der Waals surface area contributed by atoms with Gasteiger partial charge in [-0.1, -0.05) is 18.2 Å². The smallest absolute Gasteiger partial charge is 0.258 e. The summed E-state index contributed by atoms with van der Waals surface area (Å²) in [5, 5.41) is 0. The Bertz CT molecular complexity index is 402. The highest BCUT2D eigenvalue weighted by molar-refractivity contribution is 5.78. The Morgan fingerprint density at radius 1 is 1.41 bits per heavy atom. The first-order valence-corrected chi connectivity index (χ1v) is 5.72. The zero-order valence-electron chi connectivity index (χ0n) is 10.6. The van der Waals surface area contributed by atoms with Gasteiger partial charge < -0.3 is 16.2 Å². The molecule has 1 amide bonds. The molecule has 0 aromatic heterocycles. The van der Waals surface area contributed by atoms with Gasteiger partial charge in [0.1, 0.15) is 5.75 Å². The van der Waals surface area contributed by atoms with E-state index in [1.807, 2.05) is 32.0 Å². The van der Waals surface area contributed by atoms with Crippen molar-refractivity contribution in [3.63, 3.8) is 0 Å². The molecule has 0 spiro atoms. The minimum atomic E-state index is -0.636. The van der Waals surface area contributed by atoms with Crippen LogP contribution in [0.1, 0.15) is 25.0 Å². The van der Waals surface area contributed by atoms with E-state index in [1.54, 1.807) is 6.92 Å². The molecule has 1 rings (SSSR count). The van der Waals surface area contributed by atoms with Crippen LogP contribution in [-0.4, -0.2) is 18.1 Å². The number of aryl methyl sites for hydroxylation is 1. The Labute approximate surface area is 102 Å². The minimum absolute atomic E-state index is 0.0445. The number of ether oxygens (including phenoxy) is 1. The average Bonchev–Trinajstić information content (AvgIpc) is 2.22. The van der Waals surface area contributed by atoms with Gasteiger partial charge in [-0.3, -0.25) is 4.79 Å². The van der Waals surface area contributed by atoms with Crippen molar-refractivity contribution in [1.29, 1.82) is 0 Å². The lowest BCUT2D eigenvalue weighted by Crippen LogP contribution is -2.31. The van der Waals surface area contributed by atoms with Crippen LogP contribution in [0.3, 0.4) is 0 Å². The monoisotopic (exact) mass is 236 g/mol. The van der Waals surface area contributed by atoms with Gasteiger partial charge in [0.05, 0.1) is 0 Å². The van der Waals surface area contributed by atoms with Crippen molar-refractivity contribution >= 4 is 5.91 Å². The molecule has 4 nitrogen and oxygen atoms in total.